The third kappa shape index (κ3) is 3.49. The van der Waals surface area contributed by atoms with Crippen molar-refractivity contribution in [2.75, 3.05) is 19.5 Å². The molecule has 2 aromatic heterocycles. The Bertz CT molecular complexity index is 1400. The van der Waals surface area contributed by atoms with E-state index >= 15 is 0 Å². The molecule has 5 rings (SSSR count). The number of para-hydroxylation sites is 1. The number of halogens is 1. The van der Waals surface area contributed by atoms with Crippen LogP contribution in [0.15, 0.2) is 42.7 Å². The van der Waals surface area contributed by atoms with Crippen LogP contribution < -0.4 is 14.8 Å². The maximum absolute atomic E-state index is 14.0. The van der Waals surface area contributed by atoms with E-state index in [4.69, 9.17) is 9.47 Å². The van der Waals surface area contributed by atoms with E-state index in [0.29, 0.717) is 11.4 Å². The number of rotatable bonds is 6. The van der Waals surface area contributed by atoms with Gasteiger partial charge in [0.1, 0.15) is 11.4 Å². The Morgan fingerprint density at radius 3 is 2.79 bits per heavy atom. The second-order valence-electron chi connectivity index (χ2n) is 7.65. The number of nitrogens with one attached hydrogen (secondary N) is 1. The fourth-order valence-electron chi connectivity index (χ4n) is 4.29. The minimum atomic E-state index is -0.993. The van der Waals surface area contributed by atoms with Gasteiger partial charge in [0.25, 0.3) is 0 Å². The summed E-state index contributed by atoms with van der Waals surface area (Å²) in [5, 5.41) is 15.2. The molecule has 1 aliphatic rings. The first kappa shape index (κ1) is 20.7. The molecule has 0 aliphatic carbocycles. The summed E-state index contributed by atoms with van der Waals surface area (Å²) in [5.41, 5.74) is 3.44. The van der Waals surface area contributed by atoms with E-state index < -0.39 is 16.4 Å². The van der Waals surface area contributed by atoms with Gasteiger partial charge in [-0.1, -0.05) is 18.2 Å². The maximum Gasteiger partial charge on any atom is 0.307 e. The van der Waals surface area contributed by atoms with Gasteiger partial charge in [0.15, 0.2) is 5.75 Å². The van der Waals surface area contributed by atoms with Crippen LogP contribution in [0.3, 0.4) is 0 Å². The number of ether oxygens (including phenoxy) is 2. The summed E-state index contributed by atoms with van der Waals surface area (Å²) in [6.45, 7) is 0.919. The van der Waals surface area contributed by atoms with Gasteiger partial charge in [-0.25, -0.2) is 9.97 Å². The summed E-state index contributed by atoms with van der Waals surface area (Å²) < 4.78 is 26.9. The zero-order valence-corrected chi connectivity index (χ0v) is 18.0. The summed E-state index contributed by atoms with van der Waals surface area (Å²) in [4.78, 5) is 19.3. The normalized spacial score (nSPS) is 12.6. The first-order valence-electron chi connectivity index (χ1n) is 10.3. The molecule has 0 saturated heterocycles. The molecule has 9 nitrogen and oxygen atoms in total. The van der Waals surface area contributed by atoms with E-state index in [1.165, 1.54) is 24.4 Å². The molecule has 0 bridgehead atoms. The predicted molar refractivity (Wildman–Crippen MR) is 121 cm³/mol. The molecule has 4 aromatic rings. The quantitative estimate of drug-likeness (QED) is 0.331. The number of aryl methyl sites for hydroxylation is 2. The molecule has 1 aliphatic heterocycles. The SMILES string of the molecule is COc1cc(F)c([N+](=O)[O-])cc1Nc1ncc(OC)c(-c2cn3c4c(cccc24)CCC3)n1. The number of nitro benzene ring substituents is 1. The molecule has 0 radical (unpaired) electrons. The molecule has 0 spiro atoms. The van der Waals surface area contributed by atoms with E-state index in [2.05, 4.69) is 38.2 Å². The van der Waals surface area contributed by atoms with Crippen molar-refractivity contribution < 1.29 is 18.8 Å². The lowest BCUT2D eigenvalue weighted by Crippen LogP contribution is -2.05. The Morgan fingerprint density at radius 2 is 2.03 bits per heavy atom. The van der Waals surface area contributed by atoms with Gasteiger partial charge in [0.2, 0.25) is 11.8 Å². The average molecular weight is 449 g/mol. The minimum Gasteiger partial charge on any atom is -0.494 e. The number of aromatic nitrogens is 3. The van der Waals surface area contributed by atoms with Crippen LogP contribution in [0.4, 0.5) is 21.7 Å². The largest absolute Gasteiger partial charge is 0.494 e. The summed E-state index contributed by atoms with van der Waals surface area (Å²) in [6.07, 6.45) is 5.68. The first-order valence-corrected chi connectivity index (χ1v) is 10.3. The number of hydrogen-bond donors (Lipinski definition) is 1. The number of nitrogens with zero attached hydrogens (tertiary/aromatic N) is 4. The highest BCUT2D eigenvalue weighted by Crippen LogP contribution is 2.39. The number of methoxy groups -OCH3 is 2. The lowest BCUT2D eigenvalue weighted by atomic mass is 10.0. The smallest absolute Gasteiger partial charge is 0.307 e. The molecule has 1 N–H and O–H groups in total. The second kappa shape index (κ2) is 8.05. The molecule has 0 atom stereocenters. The van der Waals surface area contributed by atoms with Crippen molar-refractivity contribution in [3.8, 4) is 22.8 Å². The molecule has 33 heavy (non-hydrogen) atoms. The van der Waals surface area contributed by atoms with Crippen molar-refractivity contribution in [3.63, 3.8) is 0 Å². The van der Waals surface area contributed by atoms with Gasteiger partial charge in [-0.3, -0.25) is 10.1 Å². The van der Waals surface area contributed by atoms with Crippen molar-refractivity contribution in [2.24, 2.45) is 0 Å². The van der Waals surface area contributed by atoms with Gasteiger partial charge in [0, 0.05) is 35.8 Å². The molecule has 0 unspecified atom stereocenters. The lowest BCUT2D eigenvalue weighted by Gasteiger charge is -2.14. The van der Waals surface area contributed by atoms with Crippen LogP contribution in [-0.4, -0.2) is 33.7 Å². The van der Waals surface area contributed by atoms with Crippen LogP contribution in [0.5, 0.6) is 11.5 Å². The number of hydrogen-bond acceptors (Lipinski definition) is 7. The third-order valence-corrected chi connectivity index (χ3v) is 5.77. The molecule has 2 aromatic carbocycles. The minimum absolute atomic E-state index is 0.0891. The standard InChI is InChI=1S/C23H20FN5O4/c1-32-19-9-16(24)18(29(30)31)10-17(19)26-23-25-11-20(33-2)21(27-23)15-12-28-8-4-6-13-5-3-7-14(15)22(13)28/h3,5,7,9-12H,4,6,8H2,1-2H3,(H,25,26,27). The van der Waals surface area contributed by atoms with Gasteiger partial charge in [-0.15, -0.1) is 0 Å². The molecular weight excluding hydrogens is 429 g/mol. The van der Waals surface area contributed by atoms with Crippen molar-refractivity contribution in [2.45, 2.75) is 19.4 Å². The molecule has 0 amide bonds. The third-order valence-electron chi connectivity index (χ3n) is 5.77. The van der Waals surface area contributed by atoms with Crippen molar-refractivity contribution in [1.29, 1.82) is 0 Å². The van der Waals surface area contributed by atoms with E-state index in [1.807, 2.05) is 6.07 Å². The molecule has 3 heterocycles. The van der Waals surface area contributed by atoms with Gasteiger partial charge < -0.3 is 19.4 Å². The van der Waals surface area contributed by atoms with Gasteiger partial charge in [0.05, 0.1) is 36.5 Å². The zero-order valence-electron chi connectivity index (χ0n) is 18.0. The Labute approximate surface area is 188 Å². The van der Waals surface area contributed by atoms with Crippen LogP contribution in [0.25, 0.3) is 22.2 Å². The Morgan fingerprint density at radius 1 is 1.21 bits per heavy atom. The summed E-state index contributed by atoms with van der Waals surface area (Å²) in [5.74, 6) is -0.252. The highest BCUT2D eigenvalue weighted by Gasteiger charge is 2.22. The fraction of sp³-hybridized carbons (Fsp3) is 0.217. The fourth-order valence-corrected chi connectivity index (χ4v) is 4.29. The van der Waals surface area contributed by atoms with E-state index in [-0.39, 0.29) is 17.4 Å². The van der Waals surface area contributed by atoms with E-state index in [0.717, 1.165) is 42.5 Å². The first-order chi connectivity index (χ1) is 16.0. The number of benzene rings is 2. The monoisotopic (exact) mass is 449 g/mol. The maximum atomic E-state index is 14.0. The Hall–Kier alpha value is -4.21. The van der Waals surface area contributed by atoms with Crippen LogP contribution in [0.2, 0.25) is 0 Å². The number of nitro groups is 1. The zero-order chi connectivity index (χ0) is 23.1. The lowest BCUT2D eigenvalue weighted by molar-refractivity contribution is -0.387. The molecule has 0 fully saturated rings. The van der Waals surface area contributed by atoms with Crippen LogP contribution in [0.1, 0.15) is 12.0 Å². The molecule has 168 valence electrons. The van der Waals surface area contributed by atoms with Gasteiger partial charge >= 0.3 is 5.69 Å². The van der Waals surface area contributed by atoms with Crippen molar-refractivity contribution in [1.82, 2.24) is 14.5 Å². The molecular formula is C23H20FN5O4. The van der Waals surface area contributed by atoms with E-state index in [1.54, 1.807) is 7.11 Å². The summed E-state index contributed by atoms with van der Waals surface area (Å²) in [6, 6.07) is 8.24. The summed E-state index contributed by atoms with van der Waals surface area (Å²) >= 11 is 0. The summed E-state index contributed by atoms with van der Waals surface area (Å²) in [7, 11) is 2.89. The molecule has 0 saturated carbocycles. The number of anilines is 2. The second-order valence-corrected chi connectivity index (χ2v) is 7.65. The Kier molecular flexibility index (Phi) is 5.04. The van der Waals surface area contributed by atoms with Crippen LogP contribution >= 0.6 is 0 Å². The van der Waals surface area contributed by atoms with Gasteiger partial charge in [-0.2, -0.15) is 4.39 Å². The predicted octanol–water partition coefficient (Wildman–Crippen LogP) is 4.85. The van der Waals surface area contributed by atoms with E-state index in [9.17, 15) is 14.5 Å². The highest BCUT2D eigenvalue weighted by atomic mass is 19.1. The van der Waals surface area contributed by atoms with Crippen LogP contribution in [0, 0.1) is 15.9 Å². The van der Waals surface area contributed by atoms with Crippen LogP contribution in [-0.2, 0) is 13.0 Å². The van der Waals surface area contributed by atoms with Gasteiger partial charge in [-0.05, 0) is 18.4 Å². The van der Waals surface area contributed by atoms with Crippen molar-refractivity contribution in [3.05, 3.63) is 64.2 Å². The van der Waals surface area contributed by atoms with Crippen molar-refractivity contribution >= 4 is 28.2 Å². The topological polar surface area (TPSA) is 104 Å². The average Bonchev–Trinajstić information content (AvgIpc) is 3.20. The Balaban J connectivity index is 1.62. The highest BCUT2D eigenvalue weighted by molar-refractivity contribution is 5.98. The molecule has 10 heteroatoms.